The van der Waals surface area contributed by atoms with Gasteiger partial charge >= 0.3 is 5.97 Å². The molecule has 0 fully saturated rings. The van der Waals surface area contributed by atoms with Crippen LogP contribution >= 0.6 is 0 Å². The van der Waals surface area contributed by atoms with Crippen LogP contribution in [-0.4, -0.2) is 43.2 Å². The van der Waals surface area contributed by atoms with Crippen LogP contribution in [0.15, 0.2) is 0 Å². The smallest absolute Gasteiger partial charge is 0.320 e. The van der Waals surface area contributed by atoms with Crippen molar-refractivity contribution in [2.24, 2.45) is 5.73 Å². The average molecular weight is 202 g/mol. The minimum Gasteiger partial charge on any atom is -0.465 e. The van der Waals surface area contributed by atoms with Gasteiger partial charge in [0.1, 0.15) is 0 Å². The van der Waals surface area contributed by atoms with E-state index in [4.69, 9.17) is 10.5 Å². The number of nitrogens with zero attached hydrogens (tertiary/aromatic N) is 1. The summed E-state index contributed by atoms with van der Waals surface area (Å²) in [6, 6.07) is 0.353. The molecule has 2 N–H and O–H groups in total. The van der Waals surface area contributed by atoms with Gasteiger partial charge in [-0.25, -0.2) is 0 Å². The Labute approximate surface area is 86.4 Å². The van der Waals surface area contributed by atoms with Crippen molar-refractivity contribution in [2.45, 2.75) is 33.2 Å². The van der Waals surface area contributed by atoms with E-state index >= 15 is 0 Å². The second-order valence-corrected chi connectivity index (χ2v) is 3.51. The summed E-state index contributed by atoms with van der Waals surface area (Å²) in [5, 5.41) is 0. The van der Waals surface area contributed by atoms with Crippen LogP contribution in [0.4, 0.5) is 0 Å². The topological polar surface area (TPSA) is 55.6 Å². The fraction of sp³-hybridized carbons (Fsp3) is 0.900. The zero-order valence-electron chi connectivity index (χ0n) is 9.45. The number of ether oxygens (including phenoxy) is 1. The highest BCUT2D eigenvalue weighted by atomic mass is 16.5. The number of carbonyl (C=O) groups is 1. The summed E-state index contributed by atoms with van der Waals surface area (Å²) in [5.74, 6) is -0.154. The molecule has 0 rings (SSSR count). The third-order valence-corrected chi connectivity index (χ3v) is 2.02. The maximum atomic E-state index is 11.2. The SMILES string of the molecule is CCOC(=O)CN(CCCN)C(C)C. The van der Waals surface area contributed by atoms with Gasteiger partial charge in [0, 0.05) is 12.6 Å². The van der Waals surface area contributed by atoms with E-state index in [1.807, 2.05) is 6.92 Å². The molecule has 0 aromatic rings. The zero-order valence-corrected chi connectivity index (χ0v) is 9.45. The van der Waals surface area contributed by atoms with Crippen LogP contribution in [0.25, 0.3) is 0 Å². The zero-order chi connectivity index (χ0) is 11.0. The van der Waals surface area contributed by atoms with Crippen LogP contribution in [0.2, 0.25) is 0 Å². The van der Waals surface area contributed by atoms with Gasteiger partial charge in [-0.3, -0.25) is 9.69 Å². The molecular formula is C10H22N2O2. The van der Waals surface area contributed by atoms with Gasteiger partial charge in [0.15, 0.2) is 0 Å². The Morgan fingerprint density at radius 2 is 2.14 bits per heavy atom. The molecule has 0 aliphatic rings. The first kappa shape index (κ1) is 13.4. The number of carbonyl (C=O) groups excluding carboxylic acids is 1. The highest BCUT2D eigenvalue weighted by molar-refractivity contribution is 5.71. The minimum atomic E-state index is -0.154. The van der Waals surface area contributed by atoms with Crippen molar-refractivity contribution in [2.75, 3.05) is 26.2 Å². The molecule has 0 heterocycles. The van der Waals surface area contributed by atoms with E-state index in [0.29, 0.717) is 25.7 Å². The largest absolute Gasteiger partial charge is 0.465 e. The fourth-order valence-electron chi connectivity index (χ4n) is 1.19. The summed E-state index contributed by atoms with van der Waals surface area (Å²) in [4.78, 5) is 13.3. The molecule has 0 saturated heterocycles. The Bertz CT molecular complexity index is 160. The van der Waals surface area contributed by atoms with E-state index in [0.717, 1.165) is 13.0 Å². The molecular weight excluding hydrogens is 180 g/mol. The molecule has 0 radical (unpaired) electrons. The van der Waals surface area contributed by atoms with Gasteiger partial charge in [-0.05, 0) is 33.7 Å². The summed E-state index contributed by atoms with van der Waals surface area (Å²) in [6.07, 6.45) is 0.914. The predicted molar refractivity (Wildman–Crippen MR) is 57.0 cm³/mol. The minimum absolute atomic E-state index is 0.154. The van der Waals surface area contributed by atoms with Crippen LogP contribution < -0.4 is 5.73 Å². The lowest BCUT2D eigenvalue weighted by Gasteiger charge is -2.24. The Morgan fingerprint density at radius 3 is 2.57 bits per heavy atom. The van der Waals surface area contributed by atoms with Crippen molar-refractivity contribution in [3.8, 4) is 0 Å². The molecule has 14 heavy (non-hydrogen) atoms. The van der Waals surface area contributed by atoms with Gasteiger partial charge in [0.05, 0.1) is 13.2 Å². The molecule has 0 unspecified atom stereocenters. The first-order chi connectivity index (χ1) is 6.61. The van der Waals surface area contributed by atoms with Crippen LogP contribution in [0.3, 0.4) is 0 Å². The summed E-state index contributed by atoms with van der Waals surface area (Å²) in [5.41, 5.74) is 5.42. The molecule has 0 atom stereocenters. The molecule has 0 aromatic heterocycles. The number of hydrogen-bond donors (Lipinski definition) is 1. The van der Waals surface area contributed by atoms with Crippen molar-refractivity contribution in [1.82, 2.24) is 4.90 Å². The molecule has 4 heteroatoms. The third-order valence-electron chi connectivity index (χ3n) is 2.02. The lowest BCUT2D eigenvalue weighted by Crippen LogP contribution is -2.37. The first-order valence-corrected chi connectivity index (χ1v) is 5.21. The Hall–Kier alpha value is -0.610. The fourth-order valence-corrected chi connectivity index (χ4v) is 1.19. The molecule has 0 aliphatic carbocycles. The van der Waals surface area contributed by atoms with E-state index in [-0.39, 0.29) is 5.97 Å². The van der Waals surface area contributed by atoms with Gasteiger partial charge in [-0.1, -0.05) is 0 Å². The maximum absolute atomic E-state index is 11.2. The Morgan fingerprint density at radius 1 is 1.50 bits per heavy atom. The van der Waals surface area contributed by atoms with Gasteiger partial charge in [0.2, 0.25) is 0 Å². The number of esters is 1. The quantitative estimate of drug-likeness (QED) is 0.614. The molecule has 4 nitrogen and oxygen atoms in total. The van der Waals surface area contributed by atoms with E-state index in [1.165, 1.54) is 0 Å². The Kier molecular flexibility index (Phi) is 7.42. The first-order valence-electron chi connectivity index (χ1n) is 5.21. The maximum Gasteiger partial charge on any atom is 0.320 e. The number of nitrogens with two attached hydrogens (primary N) is 1. The Balaban J connectivity index is 3.89. The molecule has 0 amide bonds. The van der Waals surface area contributed by atoms with Crippen LogP contribution in [0, 0.1) is 0 Å². The van der Waals surface area contributed by atoms with Crippen LogP contribution in [0.1, 0.15) is 27.2 Å². The van der Waals surface area contributed by atoms with Crippen LogP contribution in [-0.2, 0) is 9.53 Å². The van der Waals surface area contributed by atoms with Gasteiger partial charge < -0.3 is 10.5 Å². The van der Waals surface area contributed by atoms with Crippen molar-refractivity contribution in [3.05, 3.63) is 0 Å². The number of hydrogen-bond acceptors (Lipinski definition) is 4. The summed E-state index contributed by atoms with van der Waals surface area (Å²) < 4.78 is 4.89. The van der Waals surface area contributed by atoms with Crippen molar-refractivity contribution < 1.29 is 9.53 Å². The monoisotopic (exact) mass is 202 g/mol. The average Bonchev–Trinajstić information content (AvgIpc) is 2.12. The van der Waals surface area contributed by atoms with E-state index in [1.54, 1.807) is 0 Å². The predicted octanol–water partition coefficient (Wildman–Crippen LogP) is 0.609. The van der Waals surface area contributed by atoms with Gasteiger partial charge in [-0.15, -0.1) is 0 Å². The second-order valence-electron chi connectivity index (χ2n) is 3.51. The van der Waals surface area contributed by atoms with E-state index in [2.05, 4.69) is 18.7 Å². The van der Waals surface area contributed by atoms with Gasteiger partial charge in [-0.2, -0.15) is 0 Å². The summed E-state index contributed by atoms with van der Waals surface area (Å²) in [7, 11) is 0. The molecule has 0 aromatic carbocycles. The summed E-state index contributed by atoms with van der Waals surface area (Å²) >= 11 is 0. The van der Waals surface area contributed by atoms with Crippen molar-refractivity contribution in [3.63, 3.8) is 0 Å². The molecule has 84 valence electrons. The lowest BCUT2D eigenvalue weighted by atomic mass is 10.3. The summed E-state index contributed by atoms with van der Waals surface area (Å²) in [6.45, 7) is 8.27. The lowest BCUT2D eigenvalue weighted by molar-refractivity contribution is -0.144. The normalized spacial score (nSPS) is 11.0. The van der Waals surface area contributed by atoms with Gasteiger partial charge in [0.25, 0.3) is 0 Å². The molecule has 0 spiro atoms. The highest BCUT2D eigenvalue weighted by Crippen LogP contribution is 1.99. The molecule has 0 saturated carbocycles. The second kappa shape index (κ2) is 7.76. The molecule has 0 bridgehead atoms. The van der Waals surface area contributed by atoms with Crippen molar-refractivity contribution >= 4 is 5.97 Å². The number of rotatable bonds is 7. The van der Waals surface area contributed by atoms with E-state index < -0.39 is 0 Å². The van der Waals surface area contributed by atoms with Crippen LogP contribution in [0.5, 0.6) is 0 Å². The van der Waals surface area contributed by atoms with E-state index in [9.17, 15) is 4.79 Å². The standard InChI is InChI=1S/C10H22N2O2/c1-4-14-10(13)8-12(9(2)3)7-5-6-11/h9H,4-8,11H2,1-3H3. The molecule has 0 aliphatic heterocycles. The third kappa shape index (κ3) is 5.94. The highest BCUT2D eigenvalue weighted by Gasteiger charge is 2.13. The van der Waals surface area contributed by atoms with Crippen molar-refractivity contribution in [1.29, 1.82) is 0 Å².